The van der Waals surface area contributed by atoms with Crippen molar-refractivity contribution in [3.05, 3.63) is 65.7 Å². The number of nitrogens with two attached hydrogens (primary N) is 1. The lowest BCUT2D eigenvalue weighted by molar-refractivity contribution is 0.103. The van der Waals surface area contributed by atoms with Gasteiger partial charge in [0.05, 0.1) is 37.6 Å². The van der Waals surface area contributed by atoms with Gasteiger partial charge in [-0.15, -0.1) is 0 Å². The van der Waals surface area contributed by atoms with Crippen molar-refractivity contribution in [2.45, 2.75) is 64.8 Å². The van der Waals surface area contributed by atoms with Crippen LogP contribution in [0.15, 0.2) is 49.1 Å². The molecular weight excluding hydrogens is 548 g/mol. The van der Waals surface area contributed by atoms with Crippen molar-refractivity contribution in [2.75, 3.05) is 31.9 Å². The summed E-state index contributed by atoms with van der Waals surface area (Å²) < 4.78 is 19.5. The number of nitrogens with one attached hydrogen (secondary N) is 1. The second-order valence-corrected chi connectivity index (χ2v) is 17.4. The molecule has 0 aliphatic carbocycles. The third kappa shape index (κ3) is 6.42. The molecule has 0 saturated carbocycles. The van der Waals surface area contributed by atoms with Crippen LogP contribution in [0.2, 0.25) is 18.1 Å². The molecule has 3 N–H and O–H groups in total. The molecule has 0 spiro atoms. The third-order valence-electron chi connectivity index (χ3n) is 7.99. The van der Waals surface area contributed by atoms with E-state index in [1.54, 1.807) is 26.5 Å². The summed E-state index contributed by atoms with van der Waals surface area (Å²) in [5.41, 5.74) is 8.25. The number of carbonyl (C=O) groups is 1. The van der Waals surface area contributed by atoms with E-state index in [-0.39, 0.29) is 10.8 Å². The highest BCUT2D eigenvalue weighted by Crippen LogP contribution is 2.38. The Balaban J connectivity index is 1.74. The number of nitrogens with zero attached hydrogens (tertiary/aromatic N) is 4. The second kappa shape index (κ2) is 11.7. The molecule has 10 nitrogen and oxygen atoms in total. The summed E-state index contributed by atoms with van der Waals surface area (Å²) in [4.78, 5) is 27.3. The molecule has 0 aliphatic heterocycles. The van der Waals surface area contributed by atoms with Crippen molar-refractivity contribution in [3.63, 3.8) is 0 Å². The van der Waals surface area contributed by atoms with E-state index in [1.165, 1.54) is 12.4 Å². The van der Waals surface area contributed by atoms with Gasteiger partial charge in [-0.25, -0.2) is 4.98 Å². The Labute approximate surface area is 248 Å². The van der Waals surface area contributed by atoms with Gasteiger partial charge in [-0.3, -0.25) is 9.78 Å². The number of anilines is 2. The van der Waals surface area contributed by atoms with Gasteiger partial charge in [0.15, 0.2) is 14.1 Å². The number of hydrogen-bond acceptors (Lipinski definition) is 9. The van der Waals surface area contributed by atoms with Crippen molar-refractivity contribution in [3.8, 4) is 11.5 Å². The number of methoxy groups -OCH3 is 2. The van der Waals surface area contributed by atoms with Crippen molar-refractivity contribution in [1.82, 2.24) is 19.5 Å². The molecule has 3 aromatic heterocycles. The van der Waals surface area contributed by atoms with E-state index in [4.69, 9.17) is 24.6 Å². The summed E-state index contributed by atoms with van der Waals surface area (Å²) in [7, 11) is 1.20. The van der Waals surface area contributed by atoms with Gasteiger partial charge < -0.3 is 29.5 Å². The molecule has 224 valence electrons. The van der Waals surface area contributed by atoms with Crippen molar-refractivity contribution in [2.24, 2.45) is 0 Å². The fraction of sp³-hybridized carbons (Fsp3) is 0.419. The van der Waals surface area contributed by atoms with E-state index in [2.05, 4.69) is 63.0 Å². The summed E-state index contributed by atoms with van der Waals surface area (Å²) in [6.07, 6.45) is 6.56. The van der Waals surface area contributed by atoms with E-state index in [9.17, 15) is 4.79 Å². The zero-order valence-corrected chi connectivity index (χ0v) is 27.0. The Bertz CT molecular complexity index is 1590. The summed E-state index contributed by atoms with van der Waals surface area (Å²) >= 11 is 0. The molecule has 11 heteroatoms. The number of pyridine rings is 1. The maximum atomic E-state index is 13.7. The van der Waals surface area contributed by atoms with Gasteiger partial charge >= 0.3 is 0 Å². The largest absolute Gasteiger partial charge is 0.497 e. The normalized spacial score (nSPS) is 12.4. The van der Waals surface area contributed by atoms with Crippen LogP contribution in [0.1, 0.15) is 56.1 Å². The van der Waals surface area contributed by atoms with Gasteiger partial charge in [-0.05, 0) is 50.2 Å². The van der Waals surface area contributed by atoms with Crippen LogP contribution in [-0.4, -0.2) is 54.4 Å². The Hall–Kier alpha value is -3.96. The molecule has 3 heterocycles. The van der Waals surface area contributed by atoms with Crippen LogP contribution in [-0.2, 0) is 16.5 Å². The van der Waals surface area contributed by atoms with Crippen LogP contribution in [0.25, 0.3) is 11.0 Å². The number of ether oxygens (including phenoxy) is 2. The van der Waals surface area contributed by atoms with Crippen LogP contribution in [0.5, 0.6) is 11.5 Å². The number of ketones is 1. The Kier molecular flexibility index (Phi) is 8.65. The number of fused-ring (bicyclic) bond motifs is 1. The van der Waals surface area contributed by atoms with Crippen LogP contribution in [0.4, 0.5) is 11.6 Å². The van der Waals surface area contributed by atoms with Crippen LogP contribution in [0, 0.1) is 0 Å². The fourth-order valence-corrected chi connectivity index (χ4v) is 5.43. The molecule has 1 aromatic carbocycles. The van der Waals surface area contributed by atoms with Gasteiger partial charge in [0.1, 0.15) is 17.1 Å². The first-order chi connectivity index (χ1) is 19.7. The molecule has 42 heavy (non-hydrogen) atoms. The quantitative estimate of drug-likeness (QED) is 0.159. The molecule has 0 fully saturated rings. The number of nitrogen functional groups attached to an aromatic ring is 1. The van der Waals surface area contributed by atoms with E-state index in [0.29, 0.717) is 58.4 Å². The standard InChI is InChI=1S/C31H42N6O4Si/c1-30(2,3)42(8,9)41-19-31(4,5)37-18-25(27(38)21-12-22(32)16-33-14-21)24-17-35-29(36-28(24)37)34-15-20-10-11-23(39-6)13-26(20)40-7/h10-14,16-18H,15,19,32H2,1-9H3,(H,34,35,36). The minimum atomic E-state index is -2.03. The first-order valence-electron chi connectivity index (χ1n) is 13.9. The van der Waals surface area contributed by atoms with Gasteiger partial charge in [0.25, 0.3) is 0 Å². The topological polar surface area (TPSA) is 126 Å². The summed E-state index contributed by atoms with van der Waals surface area (Å²) in [6.45, 7) is 16.2. The summed E-state index contributed by atoms with van der Waals surface area (Å²) in [5, 5.41) is 4.00. The average molecular weight is 591 g/mol. The number of aromatic nitrogens is 4. The molecule has 0 saturated heterocycles. The maximum Gasteiger partial charge on any atom is 0.224 e. The number of carbonyl (C=O) groups excluding carboxylic acids is 1. The van der Waals surface area contributed by atoms with Crippen LogP contribution >= 0.6 is 0 Å². The molecule has 0 unspecified atom stereocenters. The minimum absolute atomic E-state index is 0.0605. The third-order valence-corrected chi connectivity index (χ3v) is 12.5. The average Bonchev–Trinajstić information content (AvgIpc) is 3.34. The Morgan fingerprint density at radius 3 is 2.43 bits per heavy atom. The zero-order valence-electron chi connectivity index (χ0n) is 26.0. The first kappa shape index (κ1) is 31.0. The van der Waals surface area contributed by atoms with Gasteiger partial charge in [0.2, 0.25) is 5.95 Å². The maximum absolute atomic E-state index is 13.7. The SMILES string of the molecule is COc1ccc(CNc2ncc3c(C(=O)c4cncc(N)c4)cn(C(C)(C)CO[Si](C)(C)C(C)(C)C)c3n2)c(OC)c1. The Morgan fingerprint density at radius 1 is 1.05 bits per heavy atom. The predicted octanol–water partition coefficient (Wildman–Crippen LogP) is 6.03. The Morgan fingerprint density at radius 2 is 1.79 bits per heavy atom. The molecule has 0 amide bonds. The lowest BCUT2D eigenvalue weighted by atomic mass is 10.1. The molecule has 4 rings (SSSR count). The van der Waals surface area contributed by atoms with Gasteiger partial charge in [0, 0.05) is 53.9 Å². The van der Waals surface area contributed by atoms with Gasteiger partial charge in [-0.2, -0.15) is 4.98 Å². The molecular formula is C31H42N6O4Si. The van der Waals surface area contributed by atoms with E-state index < -0.39 is 13.9 Å². The first-order valence-corrected chi connectivity index (χ1v) is 16.8. The van der Waals surface area contributed by atoms with E-state index in [1.807, 2.05) is 29.0 Å². The highest BCUT2D eigenvalue weighted by Gasteiger charge is 2.39. The van der Waals surface area contributed by atoms with Crippen LogP contribution in [0.3, 0.4) is 0 Å². The van der Waals surface area contributed by atoms with Gasteiger partial charge in [-0.1, -0.05) is 20.8 Å². The molecule has 0 radical (unpaired) electrons. The minimum Gasteiger partial charge on any atom is -0.497 e. The van der Waals surface area contributed by atoms with E-state index in [0.717, 1.165) is 5.56 Å². The van der Waals surface area contributed by atoms with Crippen molar-refractivity contribution < 1.29 is 18.7 Å². The lowest BCUT2D eigenvalue weighted by Gasteiger charge is -2.39. The number of benzene rings is 1. The van der Waals surface area contributed by atoms with Crippen LogP contribution < -0.4 is 20.5 Å². The van der Waals surface area contributed by atoms with Crippen molar-refractivity contribution in [1.29, 1.82) is 0 Å². The molecule has 0 bridgehead atoms. The fourth-order valence-electron chi connectivity index (χ4n) is 4.29. The predicted molar refractivity (Wildman–Crippen MR) is 169 cm³/mol. The molecule has 0 atom stereocenters. The smallest absolute Gasteiger partial charge is 0.224 e. The number of rotatable bonds is 11. The second-order valence-electron chi connectivity index (χ2n) is 12.6. The molecule has 0 aliphatic rings. The summed E-state index contributed by atoms with van der Waals surface area (Å²) in [5.74, 6) is 1.62. The van der Waals surface area contributed by atoms with E-state index >= 15 is 0 Å². The highest BCUT2D eigenvalue weighted by atomic mass is 28.4. The van der Waals surface area contributed by atoms with Crippen molar-refractivity contribution >= 4 is 36.8 Å². The zero-order chi connectivity index (χ0) is 30.9. The monoisotopic (exact) mass is 590 g/mol. The summed E-state index contributed by atoms with van der Waals surface area (Å²) in [6, 6.07) is 7.27. The highest BCUT2D eigenvalue weighted by molar-refractivity contribution is 6.74. The molecule has 4 aromatic rings. The number of hydrogen-bond donors (Lipinski definition) is 2. The lowest BCUT2D eigenvalue weighted by Crippen LogP contribution is -2.45.